The zero-order valence-corrected chi connectivity index (χ0v) is 14.9. The Morgan fingerprint density at radius 2 is 1.41 bits per heavy atom. The van der Waals surface area contributed by atoms with Crippen molar-refractivity contribution in [1.82, 2.24) is 0 Å². The zero-order valence-electron chi connectivity index (χ0n) is 10.9. The van der Waals surface area contributed by atoms with Crippen LogP contribution in [-0.4, -0.2) is 0 Å². The molecule has 0 amide bonds. The minimum atomic E-state index is 0. The minimum absolute atomic E-state index is 0. The van der Waals surface area contributed by atoms with Crippen molar-refractivity contribution in [2.75, 3.05) is 0 Å². The summed E-state index contributed by atoms with van der Waals surface area (Å²) >= 11 is 0. The van der Waals surface area contributed by atoms with Crippen LogP contribution in [0.3, 0.4) is 0 Å². The van der Waals surface area contributed by atoms with E-state index in [9.17, 15) is 0 Å². The van der Waals surface area contributed by atoms with Crippen molar-refractivity contribution in [2.24, 2.45) is 0 Å². The second-order valence-electron chi connectivity index (χ2n) is 3.99. The molecule has 0 spiro atoms. The van der Waals surface area contributed by atoms with Gasteiger partial charge < -0.3 is 24.8 Å². The second kappa shape index (κ2) is 11.5. The molecule has 3 heteroatoms. The Morgan fingerprint density at radius 3 is 1.53 bits per heavy atom. The van der Waals surface area contributed by atoms with Crippen LogP contribution in [0.2, 0.25) is 0 Å². The van der Waals surface area contributed by atoms with Gasteiger partial charge in [0.05, 0.1) is 0 Å². The molecule has 17 heavy (non-hydrogen) atoms. The van der Waals surface area contributed by atoms with E-state index in [2.05, 4.69) is 39.8 Å². The van der Waals surface area contributed by atoms with Crippen LogP contribution in [-0.2, 0) is 26.2 Å². The van der Waals surface area contributed by atoms with E-state index in [4.69, 9.17) is 0 Å². The van der Waals surface area contributed by atoms with Crippen LogP contribution in [0.25, 0.3) is 0 Å². The average Bonchev–Trinajstić information content (AvgIpc) is 2.78. The smallest absolute Gasteiger partial charge is 0 e. The fraction of sp³-hybridized carbons (Fsp3) is 0.429. The number of rotatable bonds is 0. The first kappa shape index (κ1) is 22.6. The molecule has 2 aliphatic rings. The summed E-state index contributed by atoms with van der Waals surface area (Å²) in [5.41, 5.74) is 6.11. The molecule has 0 N–H and O–H groups in total. The largest absolute Gasteiger partial charge is 1.00 e. The van der Waals surface area contributed by atoms with E-state index in [0.29, 0.717) is 0 Å². The van der Waals surface area contributed by atoms with Crippen molar-refractivity contribution in [1.29, 1.82) is 0 Å². The molecule has 96 valence electrons. The molecule has 0 heterocycles. The van der Waals surface area contributed by atoms with Crippen LogP contribution in [0, 0.1) is 6.08 Å². The maximum Gasteiger partial charge on any atom is 0 e. The Bertz CT molecular complexity index is 304. The van der Waals surface area contributed by atoms with Crippen molar-refractivity contribution in [3.63, 3.8) is 0 Å². The van der Waals surface area contributed by atoms with Crippen LogP contribution >= 0.6 is 0 Å². The third-order valence-electron chi connectivity index (χ3n) is 2.96. The third kappa shape index (κ3) is 7.44. The third-order valence-corrected chi connectivity index (χ3v) is 2.96. The molecular weight excluding hydrogens is 330 g/mol. The van der Waals surface area contributed by atoms with Gasteiger partial charge in [0, 0.05) is 26.2 Å². The Morgan fingerprint density at radius 1 is 0.941 bits per heavy atom. The molecule has 0 radical (unpaired) electrons. The molecule has 0 unspecified atom stereocenters. The normalized spacial score (nSPS) is 15.8. The first-order valence-electron chi connectivity index (χ1n) is 5.17. The van der Waals surface area contributed by atoms with Crippen molar-refractivity contribution in [2.45, 2.75) is 40.5 Å². The maximum atomic E-state index is 2.99. The summed E-state index contributed by atoms with van der Waals surface area (Å²) in [5, 5.41) is 0. The average molecular weight is 349 g/mol. The summed E-state index contributed by atoms with van der Waals surface area (Å²) in [5.74, 6) is 0. The van der Waals surface area contributed by atoms with Crippen LogP contribution in [0.1, 0.15) is 40.5 Å². The molecular formula is C14H19Cl2Zr-3. The van der Waals surface area contributed by atoms with Gasteiger partial charge in [0.2, 0.25) is 0 Å². The molecule has 2 rings (SSSR count). The van der Waals surface area contributed by atoms with E-state index in [1.807, 2.05) is 12.2 Å². The van der Waals surface area contributed by atoms with Crippen molar-refractivity contribution < 1.29 is 51.0 Å². The van der Waals surface area contributed by atoms with Gasteiger partial charge in [-0.25, -0.2) is 12.2 Å². The van der Waals surface area contributed by atoms with Gasteiger partial charge in [-0.15, -0.1) is 6.42 Å². The van der Waals surface area contributed by atoms with Crippen LogP contribution < -0.4 is 24.8 Å². The maximum absolute atomic E-state index is 2.99. The summed E-state index contributed by atoms with van der Waals surface area (Å²) in [6.07, 6.45) is 11.2. The van der Waals surface area contributed by atoms with Crippen molar-refractivity contribution in [3.05, 3.63) is 46.6 Å². The molecule has 0 aromatic carbocycles. The predicted molar refractivity (Wildman–Crippen MR) is 62.9 cm³/mol. The van der Waals surface area contributed by atoms with Gasteiger partial charge in [0.25, 0.3) is 0 Å². The number of halogens is 2. The quantitative estimate of drug-likeness (QED) is 0.461. The van der Waals surface area contributed by atoms with Gasteiger partial charge in [0.1, 0.15) is 0 Å². The first-order valence-corrected chi connectivity index (χ1v) is 5.17. The molecule has 0 saturated heterocycles. The number of allylic oxidation sites excluding steroid dienone is 8. The summed E-state index contributed by atoms with van der Waals surface area (Å²) < 4.78 is 0. The fourth-order valence-corrected chi connectivity index (χ4v) is 1.64. The van der Waals surface area contributed by atoms with E-state index in [1.54, 1.807) is 11.1 Å². The van der Waals surface area contributed by atoms with Crippen molar-refractivity contribution >= 4 is 0 Å². The Hall–Kier alpha value is 0.423. The summed E-state index contributed by atoms with van der Waals surface area (Å²) in [7, 11) is 0. The fourth-order valence-electron chi connectivity index (χ4n) is 1.64. The van der Waals surface area contributed by atoms with Gasteiger partial charge in [0.15, 0.2) is 0 Å². The van der Waals surface area contributed by atoms with E-state index in [0.717, 1.165) is 6.42 Å². The molecule has 0 nitrogen and oxygen atoms in total. The minimum Gasteiger partial charge on any atom is -1.00 e. The van der Waals surface area contributed by atoms with E-state index in [1.165, 1.54) is 17.6 Å². The van der Waals surface area contributed by atoms with Gasteiger partial charge >= 0.3 is 0 Å². The van der Waals surface area contributed by atoms with Crippen LogP contribution in [0.5, 0.6) is 0 Å². The summed E-state index contributed by atoms with van der Waals surface area (Å²) in [6.45, 7) is 8.85. The summed E-state index contributed by atoms with van der Waals surface area (Å²) in [4.78, 5) is 0. The SMILES string of the molecule is CC1=C(C)C(C)=C(C)C1.[C-]1=CC=CC1.[Cl-].[Cl-].[Zr]. The summed E-state index contributed by atoms with van der Waals surface area (Å²) in [6, 6.07) is 0. The Labute approximate surface area is 137 Å². The molecule has 0 bridgehead atoms. The van der Waals surface area contributed by atoms with Gasteiger partial charge in [-0.05, 0) is 45.3 Å². The molecule has 0 atom stereocenters. The molecule has 2 aliphatic carbocycles. The Balaban J connectivity index is -0.000000216. The van der Waals surface area contributed by atoms with E-state index < -0.39 is 0 Å². The Kier molecular flexibility index (Phi) is 15.3. The van der Waals surface area contributed by atoms with E-state index in [-0.39, 0.29) is 51.0 Å². The number of hydrogen-bond acceptors (Lipinski definition) is 0. The monoisotopic (exact) mass is 347 g/mol. The molecule has 0 aliphatic heterocycles. The second-order valence-corrected chi connectivity index (χ2v) is 3.99. The standard InChI is InChI=1S/C9H14.C5H5.2ClH.Zr/c1-6-5-7(2)9(4)8(6)3;1-2-4-5-3-1;;;/h5H2,1-4H3;1-3H,4H2;2*1H;/q;-1;;;/p-2. The molecule has 0 fully saturated rings. The van der Waals surface area contributed by atoms with Gasteiger partial charge in [-0.3, -0.25) is 6.08 Å². The van der Waals surface area contributed by atoms with Crippen molar-refractivity contribution in [3.8, 4) is 0 Å². The number of hydrogen-bond donors (Lipinski definition) is 0. The zero-order chi connectivity index (χ0) is 10.6. The van der Waals surface area contributed by atoms with Gasteiger partial charge in [-0.1, -0.05) is 11.1 Å². The topological polar surface area (TPSA) is 0 Å². The predicted octanol–water partition coefficient (Wildman–Crippen LogP) is -1.63. The first-order chi connectivity index (χ1) is 6.63. The molecule has 0 aromatic heterocycles. The molecule has 0 aromatic rings. The van der Waals surface area contributed by atoms with Gasteiger partial charge in [-0.2, -0.15) is 6.08 Å². The van der Waals surface area contributed by atoms with Crippen LogP contribution in [0.15, 0.2) is 40.5 Å². The van der Waals surface area contributed by atoms with Crippen LogP contribution in [0.4, 0.5) is 0 Å². The van der Waals surface area contributed by atoms with E-state index >= 15 is 0 Å². The molecule has 0 saturated carbocycles.